The van der Waals surface area contributed by atoms with Crippen LogP contribution in [0.2, 0.25) is 0 Å². The molecule has 18 heavy (non-hydrogen) atoms. The van der Waals surface area contributed by atoms with E-state index in [-0.39, 0.29) is 0 Å². The first-order chi connectivity index (χ1) is 8.51. The molecule has 0 aliphatic heterocycles. The summed E-state index contributed by atoms with van der Waals surface area (Å²) >= 11 is 0. The molecule has 96 valence electrons. The zero-order valence-electron chi connectivity index (χ0n) is 9.89. The Morgan fingerprint density at radius 3 is 2.56 bits per heavy atom. The summed E-state index contributed by atoms with van der Waals surface area (Å²) < 4.78 is 43.8. The van der Waals surface area contributed by atoms with Gasteiger partial charge in [0.1, 0.15) is 0 Å². The summed E-state index contributed by atoms with van der Waals surface area (Å²) in [6.45, 7) is 3.29. The molecule has 1 unspecified atom stereocenters. The molecule has 0 saturated heterocycles. The molecule has 0 amide bonds. The van der Waals surface area contributed by atoms with Crippen LogP contribution in [0.1, 0.15) is 30.6 Å². The van der Waals surface area contributed by atoms with E-state index in [2.05, 4.69) is 11.8 Å². The molecule has 0 aromatic heterocycles. The molecule has 1 aromatic carbocycles. The van der Waals surface area contributed by atoms with E-state index in [9.17, 15) is 18.0 Å². The fourth-order valence-electron chi connectivity index (χ4n) is 1.25. The van der Waals surface area contributed by atoms with Crippen molar-refractivity contribution >= 4 is 5.97 Å². The van der Waals surface area contributed by atoms with Gasteiger partial charge in [0, 0.05) is 0 Å². The van der Waals surface area contributed by atoms with Crippen molar-refractivity contribution in [3.05, 3.63) is 35.1 Å². The Morgan fingerprint density at radius 1 is 1.33 bits per heavy atom. The first-order valence-corrected chi connectivity index (χ1v) is 5.28. The van der Waals surface area contributed by atoms with Gasteiger partial charge in [0.15, 0.2) is 23.6 Å². The van der Waals surface area contributed by atoms with Gasteiger partial charge in [-0.25, -0.2) is 18.0 Å². The van der Waals surface area contributed by atoms with Crippen LogP contribution >= 0.6 is 0 Å². The second kappa shape index (κ2) is 6.10. The third-order valence-electron chi connectivity index (χ3n) is 2.18. The van der Waals surface area contributed by atoms with E-state index < -0.39 is 35.1 Å². The van der Waals surface area contributed by atoms with E-state index >= 15 is 0 Å². The number of benzene rings is 1. The molecular formula is C13H11F3O2. The standard InChI is InChI=1S/C13H11F3O2/c1-3-5-8(4-2)18-13(17)9-6-7-10(14)12(16)11(9)15/h6-8H,4H2,1-2H3. The fourth-order valence-corrected chi connectivity index (χ4v) is 1.25. The molecule has 0 radical (unpaired) electrons. The molecule has 0 aliphatic rings. The Hall–Kier alpha value is -1.96. The quantitative estimate of drug-likeness (QED) is 0.472. The van der Waals surface area contributed by atoms with Crippen molar-refractivity contribution in [2.24, 2.45) is 0 Å². The molecule has 1 aromatic rings. The third kappa shape index (κ3) is 3.04. The number of carbonyl (C=O) groups is 1. The number of hydrogen-bond donors (Lipinski definition) is 0. The van der Waals surface area contributed by atoms with Gasteiger partial charge in [0.05, 0.1) is 5.56 Å². The van der Waals surface area contributed by atoms with E-state index in [4.69, 9.17) is 4.74 Å². The Kier molecular flexibility index (Phi) is 4.78. The van der Waals surface area contributed by atoms with Gasteiger partial charge in [-0.05, 0) is 25.5 Å². The van der Waals surface area contributed by atoms with Crippen LogP contribution in [0.15, 0.2) is 12.1 Å². The maximum Gasteiger partial charge on any atom is 0.342 e. The van der Waals surface area contributed by atoms with Crippen LogP contribution in [0.5, 0.6) is 0 Å². The van der Waals surface area contributed by atoms with E-state index in [1.807, 2.05) is 0 Å². The van der Waals surface area contributed by atoms with Gasteiger partial charge in [-0.15, -0.1) is 5.92 Å². The normalized spacial score (nSPS) is 11.4. The molecule has 0 fully saturated rings. The number of rotatable bonds is 3. The lowest BCUT2D eigenvalue weighted by molar-refractivity contribution is 0.0398. The third-order valence-corrected chi connectivity index (χ3v) is 2.18. The fraction of sp³-hybridized carbons (Fsp3) is 0.308. The van der Waals surface area contributed by atoms with Gasteiger partial charge in [-0.2, -0.15) is 0 Å². The Bertz CT molecular complexity index is 515. The summed E-state index contributed by atoms with van der Waals surface area (Å²) in [6.07, 6.45) is -0.285. The monoisotopic (exact) mass is 256 g/mol. The number of esters is 1. The highest BCUT2D eigenvalue weighted by Crippen LogP contribution is 2.16. The van der Waals surface area contributed by atoms with Gasteiger partial charge in [-0.3, -0.25) is 0 Å². The molecule has 1 atom stereocenters. The van der Waals surface area contributed by atoms with Crippen LogP contribution in [-0.4, -0.2) is 12.1 Å². The predicted octanol–water partition coefficient (Wildman–Crippen LogP) is 3.06. The highest BCUT2D eigenvalue weighted by atomic mass is 19.2. The molecule has 0 aliphatic carbocycles. The van der Waals surface area contributed by atoms with Crippen molar-refractivity contribution < 1.29 is 22.7 Å². The maximum absolute atomic E-state index is 13.3. The Balaban J connectivity index is 2.97. The SMILES string of the molecule is CC#CC(CC)OC(=O)c1ccc(F)c(F)c1F. The molecule has 0 bridgehead atoms. The lowest BCUT2D eigenvalue weighted by Crippen LogP contribution is -2.17. The minimum atomic E-state index is -1.70. The highest BCUT2D eigenvalue weighted by molar-refractivity contribution is 5.90. The van der Waals surface area contributed by atoms with Crippen LogP contribution in [0.25, 0.3) is 0 Å². The molecule has 0 saturated carbocycles. The maximum atomic E-state index is 13.3. The summed E-state index contributed by atoms with van der Waals surface area (Å²) in [4.78, 5) is 11.6. The van der Waals surface area contributed by atoms with E-state index in [1.54, 1.807) is 13.8 Å². The molecule has 5 heteroatoms. The Labute approximate surface area is 103 Å². The van der Waals surface area contributed by atoms with Crippen molar-refractivity contribution in [1.82, 2.24) is 0 Å². The lowest BCUT2D eigenvalue weighted by atomic mass is 10.2. The van der Waals surface area contributed by atoms with Crippen LogP contribution < -0.4 is 0 Å². The number of halogens is 3. The first-order valence-electron chi connectivity index (χ1n) is 5.28. The van der Waals surface area contributed by atoms with E-state index in [0.717, 1.165) is 6.07 Å². The molecule has 1 rings (SSSR count). The predicted molar refractivity (Wildman–Crippen MR) is 59.3 cm³/mol. The summed E-state index contributed by atoms with van der Waals surface area (Å²) in [6, 6.07) is 1.50. The highest BCUT2D eigenvalue weighted by Gasteiger charge is 2.21. The molecule has 2 nitrogen and oxygen atoms in total. The van der Waals surface area contributed by atoms with Crippen molar-refractivity contribution in [3.8, 4) is 11.8 Å². The first kappa shape index (κ1) is 14.1. The average molecular weight is 256 g/mol. The average Bonchev–Trinajstić information content (AvgIpc) is 2.35. The largest absolute Gasteiger partial charge is 0.446 e. The van der Waals surface area contributed by atoms with Gasteiger partial charge >= 0.3 is 5.97 Å². The number of hydrogen-bond acceptors (Lipinski definition) is 2. The van der Waals surface area contributed by atoms with Crippen molar-refractivity contribution in [1.29, 1.82) is 0 Å². The molecular weight excluding hydrogens is 245 g/mol. The van der Waals surface area contributed by atoms with Crippen LogP contribution in [0, 0.1) is 29.3 Å². The summed E-state index contributed by atoms with van der Waals surface area (Å²) in [5, 5.41) is 0. The molecule has 0 heterocycles. The summed E-state index contributed by atoms with van der Waals surface area (Å²) in [5.74, 6) is -0.526. The smallest absolute Gasteiger partial charge is 0.342 e. The second-order valence-electron chi connectivity index (χ2n) is 3.42. The van der Waals surface area contributed by atoms with Gasteiger partial charge < -0.3 is 4.74 Å². The number of carbonyl (C=O) groups excluding carboxylic acids is 1. The van der Waals surface area contributed by atoms with Gasteiger partial charge in [-0.1, -0.05) is 12.8 Å². The van der Waals surface area contributed by atoms with E-state index in [1.165, 1.54) is 0 Å². The summed E-state index contributed by atoms with van der Waals surface area (Å²) in [7, 11) is 0. The van der Waals surface area contributed by atoms with Crippen molar-refractivity contribution in [3.63, 3.8) is 0 Å². The lowest BCUT2D eigenvalue weighted by Gasteiger charge is -2.10. The topological polar surface area (TPSA) is 26.3 Å². The van der Waals surface area contributed by atoms with Crippen LogP contribution in [-0.2, 0) is 4.74 Å². The molecule has 0 spiro atoms. The minimum absolute atomic E-state index is 0.415. The Morgan fingerprint density at radius 2 is 2.00 bits per heavy atom. The van der Waals surface area contributed by atoms with Crippen molar-refractivity contribution in [2.45, 2.75) is 26.4 Å². The zero-order valence-corrected chi connectivity index (χ0v) is 9.89. The van der Waals surface area contributed by atoms with Crippen molar-refractivity contribution in [2.75, 3.05) is 0 Å². The van der Waals surface area contributed by atoms with E-state index in [0.29, 0.717) is 12.5 Å². The second-order valence-corrected chi connectivity index (χ2v) is 3.42. The summed E-state index contributed by atoms with van der Waals surface area (Å²) in [5.41, 5.74) is -0.648. The van der Waals surface area contributed by atoms with Gasteiger partial charge in [0.2, 0.25) is 0 Å². The van der Waals surface area contributed by atoms with Crippen LogP contribution in [0.4, 0.5) is 13.2 Å². The van der Waals surface area contributed by atoms with Crippen LogP contribution in [0.3, 0.4) is 0 Å². The zero-order chi connectivity index (χ0) is 13.7. The van der Waals surface area contributed by atoms with Gasteiger partial charge in [0.25, 0.3) is 0 Å². The minimum Gasteiger partial charge on any atom is -0.446 e. The number of ether oxygens (including phenoxy) is 1. The molecule has 0 N–H and O–H groups in total.